The quantitative estimate of drug-likeness (QED) is 0.659. The SMILES string of the molecule is O=C(O)[C@@H](Sc1ccccc1-n1cccc1)c1ccc(Cl)cc1. The Balaban J connectivity index is 1.96. The van der Waals surface area contributed by atoms with E-state index in [0.29, 0.717) is 10.6 Å². The molecule has 116 valence electrons. The number of aromatic nitrogens is 1. The Morgan fingerprint density at radius 3 is 2.30 bits per heavy atom. The summed E-state index contributed by atoms with van der Waals surface area (Å²) < 4.78 is 1.98. The number of hydrogen-bond donors (Lipinski definition) is 1. The highest BCUT2D eigenvalue weighted by atomic mass is 35.5. The number of thioether (sulfide) groups is 1. The Bertz CT molecular complexity index is 800. The minimum atomic E-state index is -0.875. The number of carboxylic acids is 1. The van der Waals surface area contributed by atoms with Gasteiger partial charge in [0.15, 0.2) is 0 Å². The number of para-hydroxylation sites is 1. The highest BCUT2D eigenvalue weighted by Gasteiger charge is 2.22. The Labute approximate surface area is 143 Å². The van der Waals surface area contributed by atoms with Crippen molar-refractivity contribution in [2.75, 3.05) is 0 Å². The van der Waals surface area contributed by atoms with E-state index in [0.717, 1.165) is 10.6 Å². The van der Waals surface area contributed by atoms with E-state index >= 15 is 0 Å². The van der Waals surface area contributed by atoms with Crippen molar-refractivity contribution in [3.8, 4) is 5.69 Å². The molecular formula is C18H14ClNO2S. The topological polar surface area (TPSA) is 42.2 Å². The molecule has 0 fully saturated rings. The third kappa shape index (κ3) is 3.60. The first kappa shape index (κ1) is 15.7. The van der Waals surface area contributed by atoms with Crippen molar-refractivity contribution in [1.29, 1.82) is 0 Å². The monoisotopic (exact) mass is 343 g/mol. The van der Waals surface area contributed by atoms with Crippen molar-refractivity contribution < 1.29 is 9.90 Å². The van der Waals surface area contributed by atoms with Gasteiger partial charge in [-0.2, -0.15) is 0 Å². The van der Waals surface area contributed by atoms with Gasteiger partial charge >= 0.3 is 5.97 Å². The lowest BCUT2D eigenvalue weighted by molar-refractivity contribution is -0.136. The van der Waals surface area contributed by atoms with Gasteiger partial charge in [-0.15, -0.1) is 11.8 Å². The van der Waals surface area contributed by atoms with Crippen LogP contribution in [0.1, 0.15) is 10.8 Å². The van der Waals surface area contributed by atoms with Crippen molar-refractivity contribution in [3.05, 3.63) is 83.6 Å². The molecule has 1 heterocycles. The molecular weight excluding hydrogens is 330 g/mol. The maximum Gasteiger partial charge on any atom is 0.321 e. The number of rotatable bonds is 5. The van der Waals surface area contributed by atoms with Crippen molar-refractivity contribution >= 4 is 29.3 Å². The summed E-state index contributed by atoms with van der Waals surface area (Å²) in [7, 11) is 0. The molecule has 0 aliphatic carbocycles. The summed E-state index contributed by atoms with van der Waals surface area (Å²) in [4.78, 5) is 12.6. The van der Waals surface area contributed by atoms with Crippen LogP contribution in [0.4, 0.5) is 0 Å². The highest BCUT2D eigenvalue weighted by Crippen LogP contribution is 2.38. The molecule has 3 rings (SSSR count). The van der Waals surface area contributed by atoms with Crippen molar-refractivity contribution in [1.82, 2.24) is 4.57 Å². The van der Waals surface area contributed by atoms with E-state index in [-0.39, 0.29) is 0 Å². The van der Waals surface area contributed by atoms with E-state index in [9.17, 15) is 9.90 Å². The molecule has 3 aromatic rings. The van der Waals surface area contributed by atoms with Gasteiger partial charge in [0.05, 0.1) is 5.69 Å². The zero-order chi connectivity index (χ0) is 16.2. The lowest BCUT2D eigenvalue weighted by Crippen LogP contribution is -2.08. The summed E-state index contributed by atoms with van der Waals surface area (Å²) in [5, 5.41) is 9.52. The molecule has 0 unspecified atom stereocenters. The molecule has 0 aliphatic rings. The molecule has 0 radical (unpaired) electrons. The van der Waals surface area contributed by atoms with E-state index in [2.05, 4.69) is 0 Å². The first-order valence-electron chi connectivity index (χ1n) is 7.02. The van der Waals surface area contributed by atoms with Gasteiger partial charge in [0.1, 0.15) is 5.25 Å². The van der Waals surface area contributed by atoms with Crippen LogP contribution in [0.2, 0.25) is 5.02 Å². The average molecular weight is 344 g/mol. The molecule has 0 saturated heterocycles. The van der Waals surface area contributed by atoms with Crippen LogP contribution >= 0.6 is 23.4 Å². The number of nitrogens with zero attached hydrogens (tertiary/aromatic N) is 1. The predicted molar refractivity (Wildman–Crippen MR) is 93.5 cm³/mol. The molecule has 23 heavy (non-hydrogen) atoms. The van der Waals surface area contributed by atoms with E-state index < -0.39 is 11.2 Å². The minimum absolute atomic E-state index is 0.593. The number of carbonyl (C=O) groups is 1. The molecule has 1 atom stereocenters. The first-order valence-corrected chi connectivity index (χ1v) is 8.28. The number of halogens is 1. The van der Waals surface area contributed by atoms with Crippen LogP contribution in [0.5, 0.6) is 0 Å². The summed E-state index contributed by atoms with van der Waals surface area (Å²) in [6.07, 6.45) is 3.88. The molecule has 0 bridgehead atoms. The van der Waals surface area contributed by atoms with Crippen LogP contribution in [-0.4, -0.2) is 15.6 Å². The summed E-state index contributed by atoms with van der Waals surface area (Å²) >= 11 is 7.21. The fourth-order valence-electron chi connectivity index (χ4n) is 2.29. The highest BCUT2D eigenvalue weighted by molar-refractivity contribution is 8.00. The fourth-order valence-corrected chi connectivity index (χ4v) is 3.52. The Morgan fingerprint density at radius 2 is 1.65 bits per heavy atom. The third-order valence-corrected chi connectivity index (χ3v) is 4.95. The summed E-state index contributed by atoms with van der Waals surface area (Å²) in [6.45, 7) is 0. The smallest absolute Gasteiger partial charge is 0.321 e. The second-order valence-corrected chi connectivity index (χ2v) is 6.53. The third-order valence-electron chi connectivity index (χ3n) is 3.39. The van der Waals surface area contributed by atoms with Crippen LogP contribution in [-0.2, 0) is 4.79 Å². The van der Waals surface area contributed by atoms with Gasteiger partial charge in [-0.1, -0.05) is 35.9 Å². The van der Waals surface area contributed by atoms with Gasteiger partial charge in [0.25, 0.3) is 0 Å². The summed E-state index contributed by atoms with van der Waals surface area (Å²) in [6, 6.07) is 18.6. The molecule has 0 spiro atoms. The Kier molecular flexibility index (Phi) is 4.74. The van der Waals surface area contributed by atoms with Gasteiger partial charge in [-0.05, 0) is 42.0 Å². The molecule has 0 aliphatic heterocycles. The molecule has 0 amide bonds. The molecule has 1 aromatic heterocycles. The van der Waals surface area contributed by atoms with E-state index in [1.807, 2.05) is 53.4 Å². The summed E-state index contributed by atoms with van der Waals surface area (Å²) in [5.74, 6) is -0.875. The normalized spacial score (nSPS) is 12.0. The van der Waals surface area contributed by atoms with E-state index in [1.165, 1.54) is 11.8 Å². The predicted octanol–water partition coefficient (Wildman–Crippen LogP) is 5.05. The van der Waals surface area contributed by atoms with Gasteiger partial charge < -0.3 is 9.67 Å². The van der Waals surface area contributed by atoms with Crippen LogP contribution in [0.25, 0.3) is 5.69 Å². The molecule has 1 N–H and O–H groups in total. The zero-order valence-corrected chi connectivity index (χ0v) is 13.7. The number of hydrogen-bond acceptors (Lipinski definition) is 2. The van der Waals surface area contributed by atoms with Gasteiger partial charge in [0.2, 0.25) is 0 Å². The Morgan fingerprint density at radius 1 is 1.00 bits per heavy atom. The van der Waals surface area contributed by atoms with Crippen molar-refractivity contribution in [3.63, 3.8) is 0 Å². The number of benzene rings is 2. The standard InChI is InChI=1S/C18H14ClNO2S/c19-14-9-7-13(8-10-14)17(18(21)22)23-16-6-2-1-5-15(16)20-11-3-4-12-20/h1-12,17H,(H,21,22)/t17-/m0/s1. The van der Waals surface area contributed by atoms with Crippen LogP contribution in [0.15, 0.2) is 78.0 Å². The first-order chi connectivity index (χ1) is 11.1. The lowest BCUT2D eigenvalue weighted by atomic mass is 10.1. The van der Waals surface area contributed by atoms with Crippen molar-refractivity contribution in [2.45, 2.75) is 10.1 Å². The Hall–Kier alpha value is -2.17. The summed E-state index contributed by atoms with van der Waals surface area (Å²) in [5.41, 5.74) is 1.68. The number of carboxylic acid groups (broad SMARTS) is 1. The molecule has 2 aromatic carbocycles. The maximum absolute atomic E-state index is 11.7. The molecule has 0 saturated carbocycles. The van der Waals surface area contributed by atoms with Crippen LogP contribution in [0.3, 0.4) is 0 Å². The second-order valence-electron chi connectivity index (χ2n) is 4.95. The van der Waals surface area contributed by atoms with E-state index in [1.54, 1.807) is 24.3 Å². The lowest BCUT2D eigenvalue weighted by Gasteiger charge is -2.16. The van der Waals surface area contributed by atoms with Gasteiger partial charge in [0, 0.05) is 22.3 Å². The maximum atomic E-state index is 11.7. The minimum Gasteiger partial charge on any atom is -0.480 e. The van der Waals surface area contributed by atoms with Gasteiger partial charge in [-0.3, -0.25) is 4.79 Å². The average Bonchev–Trinajstić information content (AvgIpc) is 3.08. The van der Waals surface area contributed by atoms with Crippen LogP contribution in [0, 0.1) is 0 Å². The number of aliphatic carboxylic acids is 1. The van der Waals surface area contributed by atoms with Crippen LogP contribution < -0.4 is 0 Å². The largest absolute Gasteiger partial charge is 0.480 e. The van der Waals surface area contributed by atoms with Crippen molar-refractivity contribution in [2.24, 2.45) is 0 Å². The zero-order valence-electron chi connectivity index (χ0n) is 12.1. The molecule has 5 heteroatoms. The van der Waals surface area contributed by atoms with Gasteiger partial charge in [-0.25, -0.2) is 0 Å². The molecule has 3 nitrogen and oxygen atoms in total. The second kappa shape index (κ2) is 6.94. The van der Waals surface area contributed by atoms with E-state index in [4.69, 9.17) is 11.6 Å². The fraction of sp³-hybridized carbons (Fsp3) is 0.0556.